The molecule has 1 aliphatic heterocycles. The summed E-state index contributed by atoms with van der Waals surface area (Å²) < 4.78 is 1.23. The standard InChI is InChI=1S/C14H18BrN/c15-13-3-2-12-9-14(5-1-7-16-10-14)6-4-11(12)8-13/h2-3,8,16H,1,4-7,9-10H2. The predicted octanol–water partition coefficient (Wildman–Crippen LogP) is 3.31. The van der Waals surface area contributed by atoms with Gasteiger partial charge in [0.05, 0.1) is 0 Å². The molecule has 0 bridgehead atoms. The molecule has 0 saturated carbocycles. The summed E-state index contributed by atoms with van der Waals surface area (Å²) in [6.45, 7) is 2.44. The lowest BCUT2D eigenvalue weighted by atomic mass is 9.68. The molecule has 1 saturated heterocycles. The fourth-order valence-corrected chi connectivity index (χ4v) is 3.70. The molecule has 2 heteroatoms. The van der Waals surface area contributed by atoms with Crippen LogP contribution in [0.15, 0.2) is 22.7 Å². The van der Waals surface area contributed by atoms with Crippen LogP contribution in [-0.4, -0.2) is 13.1 Å². The minimum absolute atomic E-state index is 0.569. The van der Waals surface area contributed by atoms with Gasteiger partial charge in [-0.3, -0.25) is 0 Å². The van der Waals surface area contributed by atoms with E-state index >= 15 is 0 Å². The van der Waals surface area contributed by atoms with Gasteiger partial charge in [0.15, 0.2) is 0 Å². The fourth-order valence-electron chi connectivity index (χ4n) is 3.29. The maximum Gasteiger partial charge on any atom is 0.0178 e. The van der Waals surface area contributed by atoms with Crippen LogP contribution in [0.25, 0.3) is 0 Å². The average Bonchev–Trinajstić information content (AvgIpc) is 2.31. The van der Waals surface area contributed by atoms with E-state index in [-0.39, 0.29) is 0 Å². The number of piperidine rings is 1. The Morgan fingerprint density at radius 2 is 2.12 bits per heavy atom. The Morgan fingerprint density at radius 3 is 2.94 bits per heavy atom. The van der Waals surface area contributed by atoms with Crippen molar-refractivity contribution in [2.45, 2.75) is 32.1 Å². The monoisotopic (exact) mass is 279 g/mol. The van der Waals surface area contributed by atoms with Crippen LogP contribution in [-0.2, 0) is 12.8 Å². The Hall–Kier alpha value is -0.340. The van der Waals surface area contributed by atoms with Crippen molar-refractivity contribution in [2.75, 3.05) is 13.1 Å². The first-order valence-corrected chi connectivity index (χ1v) is 7.05. The highest BCUT2D eigenvalue weighted by Crippen LogP contribution is 2.40. The van der Waals surface area contributed by atoms with Crippen LogP contribution in [0.3, 0.4) is 0 Å². The topological polar surface area (TPSA) is 12.0 Å². The average molecular weight is 280 g/mol. The van der Waals surface area contributed by atoms with Crippen LogP contribution in [0.2, 0.25) is 0 Å². The maximum atomic E-state index is 3.58. The summed E-state index contributed by atoms with van der Waals surface area (Å²) in [5, 5.41) is 3.58. The number of hydrogen-bond donors (Lipinski definition) is 1. The number of benzene rings is 1. The SMILES string of the molecule is Brc1ccc2c(c1)CCC1(CCCNC1)C2. The molecule has 1 fully saturated rings. The van der Waals surface area contributed by atoms with Gasteiger partial charge in [0.25, 0.3) is 0 Å². The third-order valence-electron chi connectivity index (χ3n) is 4.22. The quantitative estimate of drug-likeness (QED) is 0.769. The molecule has 1 aliphatic carbocycles. The molecule has 86 valence electrons. The summed E-state index contributed by atoms with van der Waals surface area (Å²) in [4.78, 5) is 0. The van der Waals surface area contributed by atoms with Crippen molar-refractivity contribution in [1.29, 1.82) is 0 Å². The smallest absolute Gasteiger partial charge is 0.0178 e. The van der Waals surface area contributed by atoms with Gasteiger partial charge in [0, 0.05) is 11.0 Å². The first-order chi connectivity index (χ1) is 7.77. The Bertz CT molecular complexity index is 394. The van der Waals surface area contributed by atoms with Gasteiger partial charge in [-0.25, -0.2) is 0 Å². The van der Waals surface area contributed by atoms with Gasteiger partial charge >= 0.3 is 0 Å². The summed E-state index contributed by atoms with van der Waals surface area (Å²) in [6, 6.07) is 6.81. The van der Waals surface area contributed by atoms with Crippen LogP contribution >= 0.6 is 15.9 Å². The Morgan fingerprint density at radius 1 is 1.19 bits per heavy atom. The number of fused-ring (bicyclic) bond motifs is 1. The number of rotatable bonds is 0. The van der Waals surface area contributed by atoms with Crippen molar-refractivity contribution in [3.8, 4) is 0 Å². The minimum atomic E-state index is 0.569. The maximum absolute atomic E-state index is 3.58. The highest BCUT2D eigenvalue weighted by atomic mass is 79.9. The highest BCUT2D eigenvalue weighted by molar-refractivity contribution is 9.10. The minimum Gasteiger partial charge on any atom is -0.316 e. The molecular formula is C14H18BrN. The zero-order valence-corrected chi connectivity index (χ0v) is 11.1. The molecule has 1 N–H and O–H groups in total. The second-order valence-electron chi connectivity index (χ2n) is 5.37. The van der Waals surface area contributed by atoms with E-state index in [4.69, 9.17) is 0 Å². The molecule has 2 aliphatic rings. The molecule has 1 atom stereocenters. The van der Waals surface area contributed by atoms with E-state index in [9.17, 15) is 0 Å². The second-order valence-corrected chi connectivity index (χ2v) is 6.29. The van der Waals surface area contributed by atoms with Gasteiger partial charge < -0.3 is 5.32 Å². The molecular weight excluding hydrogens is 262 g/mol. The molecule has 0 aromatic heterocycles. The molecule has 1 unspecified atom stereocenters. The lowest BCUT2D eigenvalue weighted by Crippen LogP contribution is -2.43. The third kappa shape index (κ3) is 1.93. The fraction of sp³-hybridized carbons (Fsp3) is 0.571. The van der Waals surface area contributed by atoms with Crippen LogP contribution in [0.4, 0.5) is 0 Å². The van der Waals surface area contributed by atoms with Gasteiger partial charge in [-0.1, -0.05) is 22.0 Å². The van der Waals surface area contributed by atoms with E-state index in [1.807, 2.05) is 0 Å². The number of nitrogens with one attached hydrogen (secondary N) is 1. The number of hydrogen-bond acceptors (Lipinski definition) is 1. The Kier molecular flexibility index (Phi) is 2.80. The number of halogens is 1. The zero-order valence-electron chi connectivity index (χ0n) is 9.56. The van der Waals surface area contributed by atoms with Crippen molar-refractivity contribution in [3.63, 3.8) is 0 Å². The van der Waals surface area contributed by atoms with E-state index in [1.165, 1.54) is 49.7 Å². The summed E-state index contributed by atoms with van der Waals surface area (Å²) in [5.74, 6) is 0. The Balaban J connectivity index is 1.88. The second kappa shape index (κ2) is 4.15. The lowest BCUT2D eigenvalue weighted by Gasteiger charge is -2.41. The van der Waals surface area contributed by atoms with E-state index < -0.39 is 0 Å². The van der Waals surface area contributed by atoms with Gasteiger partial charge in [-0.05, 0) is 67.3 Å². The molecule has 1 heterocycles. The van der Waals surface area contributed by atoms with Gasteiger partial charge in [0.2, 0.25) is 0 Å². The number of aryl methyl sites for hydroxylation is 1. The first-order valence-electron chi connectivity index (χ1n) is 6.26. The summed E-state index contributed by atoms with van der Waals surface area (Å²) in [7, 11) is 0. The molecule has 1 nitrogen and oxygen atoms in total. The highest BCUT2D eigenvalue weighted by Gasteiger charge is 2.35. The van der Waals surface area contributed by atoms with E-state index in [2.05, 4.69) is 39.4 Å². The molecule has 1 spiro atoms. The third-order valence-corrected chi connectivity index (χ3v) is 4.71. The van der Waals surface area contributed by atoms with Crippen LogP contribution in [0, 0.1) is 5.41 Å². The predicted molar refractivity (Wildman–Crippen MR) is 70.7 cm³/mol. The molecule has 0 amide bonds. The lowest BCUT2D eigenvalue weighted by molar-refractivity contribution is 0.180. The molecule has 1 aromatic rings. The normalized spacial score (nSPS) is 29.1. The van der Waals surface area contributed by atoms with Crippen LogP contribution in [0.1, 0.15) is 30.4 Å². The molecule has 1 aromatic carbocycles. The van der Waals surface area contributed by atoms with Crippen LogP contribution in [0.5, 0.6) is 0 Å². The van der Waals surface area contributed by atoms with Gasteiger partial charge in [-0.15, -0.1) is 0 Å². The summed E-state index contributed by atoms with van der Waals surface area (Å²) in [6.07, 6.45) is 6.67. The summed E-state index contributed by atoms with van der Waals surface area (Å²) in [5.41, 5.74) is 3.71. The summed E-state index contributed by atoms with van der Waals surface area (Å²) >= 11 is 3.57. The van der Waals surface area contributed by atoms with Crippen LogP contribution < -0.4 is 5.32 Å². The van der Waals surface area contributed by atoms with Crippen molar-refractivity contribution in [3.05, 3.63) is 33.8 Å². The van der Waals surface area contributed by atoms with Gasteiger partial charge in [0.1, 0.15) is 0 Å². The Labute approximate surface area is 106 Å². The largest absolute Gasteiger partial charge is 0.316 e. The van der Waals surface area contributed by atoms with E-state index in [0.717, 1.165) is 0 Å². The van der Waals surface area contributed by atoms with Crippen molar-refractivity contribution in [1.82, 2.24) is 5.32 Å². The van der Waals surface area contributed by atoms with Crippen molar-refractivity contribution in [2.24, 2.45) is 5.41 Å². The zero-order chi connectivity index (χ0) is 11.0. The molecule has 3 rings (SSSR count). The van der Waals surface area contributed by atoms with Crippen molar-refractivity contribution >= 4 is 15.9 Å². The van der Waals surface area contributed by atoms with E-state index in [0.29, 0.717) is 5.41 Å². The van der Waals surface area contributed by atoms with Gasteiger partial charge in [-0.2, -0.15) is 0 Å². The van der Waals surface area contributed by atoms with Crippen molar-refractivity contribution < 1.29 is 0 Å². The van der Waals surface area contributed by atoms with E-state index in [1.54, 1.807) is 11.1 Å². The molecule has 16 heavy (non-hydrogen) atoms. The first kappa shape index (κ1) is 10.8. The molecule has 0 radical (unpaired) electrons.